The maximum atomic E-state index is 13.0. The number of esters is 4. The molecule has 0 saturated carbocycles. The third kappa shape index (κ3) is 61.3. The number of aliphatic hydroxyl groups excluding tert-OH is 1. The number of rotatable bonds is 65. The fraction of sp³-hybridized carbons (Fsp3) is 0.941. The summed E-state index contributed by atoms with van der Waals surface area (Å²) in [5.74, 6) is 0.814. The third-order valence-corrected chi connectivity index (χ3v) is 17.8. The first kappa shape index (κ1) is 85.1. The molecule has 3 N–H and O–H groups in total. The van der Waals surface area contributed by atoms with Crippen LogP contribution >= 0.6 is 15.6 Å². The SMILES string of the molecule is CCC(C)CCCCCCCCCCCCC(=O)OC[C@H](COP(=O)(O)OC[C@@H](O)COP(=O)(O)OC[C@@H](COC(=O)CCCCCCCCC(C)C)OC(=O)CCCCCCCCCCCCCC(C)C)OC(=O)CCCCCCCCCC(C)C. The Morgan fingerprint density at radius 3 is 0.816 bits per heavy atom. The predicted molar refractivity (Wildman–Crippen MR) is 349 cm³/mol. The molecule has 0 aromatic carbocycles. The smallest absolute Gasteiger partial charge is 0.462 e. The molecule has 3 unspecified atom stereocenters. The average molecular weight is 1280 g/mol. The van der Waals surface area contributed by atoms with E-state index >= 15 is 0 Å². The minimum atomic E-state index is -4.95. The topological polar surface area (TPSA) is 237 Å². The minimum absolute atomic E-state index is 0.103. The summed E-state index contributed by atoms with van der Waals surface area (Å²) < 4.78 is 68.1. The van der Waals surface area contributed by atoms with Gasteiger partial charge in [0.25, 0.3) is 0 Å². The van der Waals surface area contributed by atoms with Crippen molar-refractivity contribution in [2.45, 2.75) is 350 Å². The van der Waals surface area contributed by atoms with E-state index in [4.69, 9.17) is 37.0 Å². The lowest BCUT2D eigenvalue weighted by atomic mass is 9.99. The molecule has 19 heteroatoms. The van der Waals surface area contributed by atoms with Gasteiger partial charge in [-0.25, -0.2) is 9.13 Å². The summed E-state index contributed by atoms with van der Waals surface area (Å²) in [6.07, 6.45) is 39.1. The summed E-state index contributed by atoms with van der Waals surface area (Å²) in [4.78, 5) is 72.4. The molecule has 0 aliphatic carbocycles. The number of aliphatic hydroxyl groups is 1. The molecule has 87 heavy (non-hydrogen) atoms. The molecular weight excluding hydrogens is 1150 g/mol. The van der Waals surface area contributed by atoms with E-state index in [0.717, 1.165) is 108 Å². The molecular formula is C68H132O17P2. The van der Waals surface area contributed by atoms with E-state index < -0.39 is 97.5 Å². The maximum Gasteiger partial charge on any atom is 0.472 e. The summed E-state index contributed by atoms with van der Waals surface area (Å²) >= 11 is 0. The zero-order valence-electron chi connectivity index (χ0n) is 56.6. The van der Waals surface area contributed by atoms with Crippen molar-refractivity contribution >= 4 is 39.5 Å². The normalized spacial score (nSPS) is 14.6. The van der Waals surface area contributed by atoms with Gasteiger partial charge in [0, 0.05) is 25.7 Å². The minimum Gasteiger partial charge on any atom is -0.462 e. The second-order valence-corrected chi connectivity index (χ2v) is 29.1. The van der Waals surface area contributed by atoms with E-state index in [0.29, 0.717) is 37.5 Å². The highest BCUT2D eigenvalue weighted by molar-refractivity contribution is 7.47. The van der Waals surface area contributed by atoms with Crippen LogP contribution in [0.2, 0.25) is 0 Å². The Balaban J connectivity index is 5.23. The Labute approximate surface area is 530 Å². The van der Waals surface area contributed by atoms with Crippen LogP contribution in [0.4, 0.5) is 0 Å². The zero-order valence-corrected chi connectivity index (χ0v) is 58.4. The van der Waals surface area contributed by atoms with Gasteiger partial charge in [0.05, 0.1) is 26.4 Å². The summed E-state index contributed by atoms with van der Waals surface area (Å²) in [5, 5.41) is 10.6. The van der Waals surface area contributed by atoms with Crippen LogP contribution in [0.3, 0.4) is 0 Å². The van der Waals surface area contributed by atoms with E-state index in [9.17, 15) is 43.2 Å². The molecule has 0 rings (SSSR count). The van der Waals surface area contributed by atoms with Crippen LogP contribution in [-0.4, -0.2) is 96.7 Å². The number of hydrogen-bond donors (Lipinski definition) is 3. The molecule has 0 saturated heterocycles. The van der Waals surface area contributed by atoms with Gasteiger partial charge >= 0.3 is 39.5 Å². The molecule has 0 radical (unpaired) electrons. The lowest BCUT2D eigenvalue weighted by Crippen LogP contribution is -2.30. The highest BCUT2D eigenvalue weighted by Gasteiger charge is 2.30. The number of carbonyl (C=O) groups is 4. The van der Waals surface area contributed by atoms with Crippen LogP contribution in [0.25, 0.3) is 0 Å². The number of carbonyl (C=O) groups excluding carboxylic acids is 4. The van der Waals surface area contributed by atoms with Crippen molar-refractivity contribution < 1.29 is 80.2 Å². The fourth-order valence-electron chi connectivity index (χ4n) is 10.1. The van der Waals surface area contributed by atoms with Crippen LogP contribution in [-0.2, 0) is 65.4 Å². The van der Waals surface area contributed by atoms with E-state index in [1.54, 1.807) is 0 Å². The van der Waals surface area contributed by atoms with Crippen LogP contribution in [0, 0.1) is 23.7 Å². The van der Waals surface area contributed by atoms with E-state index in [-0.39, 0.29) is 25.7 Å². The lowest BCUT2D eigenvalue weighted by molar-refractivity contribution is -0.161. The van der Waals surface area contributed by atoms with Gasteiger partial charge < -0.3 is 33.8 Å². The largest absolute Gasteiger partial charge is 0.472 e. The number of ether oxygens (including phenoxy) is 4. The van der Waals surface area contributed by atoms with Crippen molar-refractivity contribution in [3.8, 4) is 0 Å². The van der Waals surface area contributed by atoms with Crippen LogP contribution in [0.15, 0.2) is 0 Å². The molecule has 0 bridgehead atoms. The van der Waals surface area contributed by atoms with Crippen LogP contribution < -0.4 is 0 Å². The van der Waals surface area contributed by atoms with Crippen molar-refractivity contribution in [2.75, 3.05) is 39.6 Å². The van der Waals surface area contributed by atoms with Crippen molar-refractivity contribution in [1.29, 1.82) is 0 Å². The Morgan fingerprint density at radius 1 is 0.322 bits per heavy atom. The quantitative estimate of drug-likeness (QED) is 0.0222. The predicted octanol–water partition coefficient (Wildman–Crippen LogP) is 18.9. The van der Waals surface area contributed by atoms with Gasteiger partial charge in [-0.05, 0) is 49.4 Å². The number of phosphoric ester groups is 2. The van der Waals surface area contributed by atoms with Crippen molar-refractivity contribution in [3.05, 3.63) is 0 Å². The number of unbranched alkanes of at least 4 members (excludes halogenated alkanes) is 30. The third-order valence-electron chi connectivity index (χ3n) is 15.9. The van der Waals surface area contributed by atoms with Crippen LogP contribution in [0.1, 0.15) is 331 Å². The first-order valence-corrected chi connectivity index (χ1v) is 38.2. The Bertz CT molecular complexity index is 1730. The van der Waals surface area contributed by atoms with E-state index in [2.05, 4.69) is 55.4 Å². The van der Waals surface area contributed by atoms with Crippen LogP contribution in [0.5, 0.6) is 0 Å². The van der Waals surface area contributed by atoms with Gasteiger partial charge in [0.2, 0.25) is 0 Å². The Morgan fingerprint density at radius 2 is 0.552 bits per heavy atom. The summed E-state index contributed by atoms with van der Waals surface area (Å²) in [7, 11) is -9.90. The summed E-state index contributed by atoms with van der Waals surface area (Å²) in [5.41, 5.74) is 0. The highest BCUT2D eigenvalue weighted by atomic mass is 31.2. The molecule has 0 aliphatic rings. The Hall–Kier alpha value is -1.94. The van der Waals surface area contributed by atoms with E-state index in [1.165, 1.54) is 128 Å². The van der Waals surface area contributed by atoms with Crippen molar-refractivity contribution in [3.63, 3.8) is 0 Å². The molecule has 17 nitrogen and oxygen atoms in total. The van der Waals surface area contributed by atoms with Gasteiger partial charge in [-0.3, -0.25) is 37.3 Å². The molecule has 6 atom stereocenters. The summed E-state index contributed by atoms with van der Waals surface area (Å²) in [6.45, 7) is 14.0. The number of phosphoric acid groups is 2. The Kier molecular flexibility index (Phi) is 56.6. The summed E-state index contributed by atoms with van der Waals surface area (Å²) in [6, 6.07) is 0. The zero-order chi connectivity index (χ0) is 64.7. The fourth-order valence-corrected chi connectivity index (χ4v) is 11.7. The monoisotopic (exact) mass is 1280 g/mol. The highest BCUT2D eigenvalue weighted by Crippen LogP contribution is 2.45. The first-order chi connectivity index (χ1) is 41.6. The molecule has 0 aromatic rings. The average Bonchev–Trinajstić information content (AvgIpc) is 3.67. The van der Waals surface area contributed by atoms with Crippen molar-refractivity contribution in [1.82, 2.24) is 0 Å². The lowest BCUT2D eigenvalue weighted by Gasteiger charge is -2.21. The number of hydrogen-bond acceptors (Lipinski definition) is 15. The van der Waals surface area contributed by atoms with E-state index in [1.807, 2.05) is 0 Å². The molecule has 0 aliphatic heterocycles. The maximum absolute atomic E-state index is 13.0. The second-order valence-electron chi connectivity index (χ2n) is 26.2. The van der Waals surface area contributed by atoms with Gasteiger partial charge in [0.1, 0.15) is 19.3 Å². The molecule has 0 aromatic heterocycles. The van der Waals surface area contributed by atoms with Gasteiger partial charge in [-0.2, -0.15) is 0 Å². The first-order valence-electron chi connectivity index (χ1n) is 35.2. The molecule has 0 amide bonds. The van der Waals surface area contributed by atoms with Gasteiger partial charge in [-0.15, -0.1) is 0 Å². The van der Waals surface area contributed by atoms with Gasteiger partial charge in [-0.1, -0.05) is 280 Å². The molecule has 516 valence electrons. The van der Waals surface area contributed by atoms with Crippen molar-refractivity contribution in [2.24, 2.45) is 23.7 Å². The molecule has 0 heterocycles. The molecule has 0 fully saturated rings. The molecule has 0 spiro atoms. The standard InChI is InChI=1S/C68H132O17P2/c1-9-61(8)47-39-31-22-16-13-14-17-23-32-40-48-65(70)78-54-63(85-68(73)51-43-35-25-19-21-29-37-45-59(4)5)56-82-86(74,75)80-52-62(69)53-81-87(76,77)83-57-64(55-79-66(71)49-41-33-27-26-30-38-46-60(6)7)84-67(72)50-42-34-24-18-12-10-11-15-20-28-36-44-58(2)3/h58-64,69H,9-57H2,1-8H3,(H,74,75)(H,76,77)/t61?,62-,63-,64-/m1/s1. The second kappa shape index (κ2) is 57.9. The van der Waals surface area contributed by atoms with Gasteiger partial charge in [0.15, 0.2) is 12.2 Å².